The van der Waals surface area contributed by atoms with Gasteiger partial charge in [-0.2, -0.15) is 9.97 Å². The van der Waals surface area contributed by atoms with Crippen LogP contribution in [0.2, 0.25) is 0 Å². The molecule has 0 aliphatic carbocycles. The quantitative estimate of drug-likeness (QED) is 0.694. The second-order valence-electron chi connectivity index (χ2n) is 4.53. The largest absolute Gasteiger partial charge is 0.467 e. The molecule has 0 saturated heterocycles. The second kappa shape index (κ2) is 8.50. The molecule has 0 spiro atoms. The number of unbranched alkanes of at least 4 members (excludes halogenated alkanes) is 3. The highest BCUT2D eigenvalue weighted by Crippen LogP contribution is 2.14. The monoisotopic (exact) mass is 268 g/mol. The van der Waals surface area contributed by atoms with Crippen LogP contribution in [0.3, 0.4) is 0 Å². The Hall–Kier alpha value is -1.59. The van der Waals surface area contributed by atoms with E-state index in [1.807, 2.05) is 0 Å². The standard InChI is InChI=1S/C13H24N4O2/c1-5-6-7-8-9-10(2)14-11-15-12(18-3)17-13(16-11)19-4/h10H,5-9H2,1-4H3,(H,14,15,16,17). The average Bonchev–Trinajstić information content (AvgIpc) is 2.43. The predicted molar refractivity (Wildman–Crippen MR) is 74.8 cm³/mol. The van der Waals surface area contributed by atoms with Crippen LogP contribution in [0.5, 0.6) is 12.0 Å². The van der Waals surface area contributed by atoms with Gasteiger partial charge in [-0.25, -0.2) is 0 Å². The molecule has 0 amide bonds. The molecule has 0 aliphatic rings. The average molecular weight is 268 g/mol. The molecule has 1 unspecified atom stereocenters. The third kappa shape index (κ3) is 5.72. The van der Waals surface area contributed by atoms with Gasteiger partial charge in [0, 0.05) is 6.04 Å². The number of hydrogen-bond donors (Lipinski definition) is 1. The van der Waals surface area contributed by atoms with Crippen molar-refractivity contribution in [3.8, 4) is 12.0 Å². The minimum absolute atomic E-state index is 0.257. The van der Waals surface area contributed by atoms with Crippen molar-refractivity contribution in [1.29, 1.82) is 0 Å². The maximum absolute atomic E-state index is 5.01. The van der Waals surface area contributed by atoms with Gasteiger partial charge in [-0.15, -0.1) is 4.98 Å². The van der Waals surface area contributed by atoms with Crippen LogP contribution in [-0.2, 0) is 0 Å². The molecule has 1 aromatic heterocycles. The SMILES string of the molecule is CCCCCCC(C)Nc1nc(OC)nc(OC)n1. The van der Waals surface area contributed by atoms with E-state index in [-0.39, 0.29) is 12.0 Å². The summed E-state index contributed by atoms with van der Waals surface area (Å²) in [6.07, 6.45) is 6.12. The highest BCUT2D eigenvalue weighted by atomic mass is 16.5. The zero-order valence-electron chi connectivity index (χ0n) is 12.3. The van der Waals surface area contributed by atoms with Crippen molar-refractivity contribution in [3.63, 3.8) is 0 Å². The van der Waals surface area contributed by atoms with Crippen LogP contribution >= 0.6 is 0 Å². The molecular formula is C13H24N4O2. The van der Waals surface area contributed by atoms with Gasteiger partial charge in [0.15, 0.2) is 0 Å². The van der Waals surface area contributed by atoms with Crippen LogP contribution in [0.25, 0.3) is 0 Å². The molecule has 0 saturated carbocycles. The normalized spacial score (nSPS) is 12.0. The van der Waals surface area contributed by atoms with Crippen LogP contribution in [0.15, 0.2) is 0 Å². The van der Waals surface area contributed by atoms with Gasteiger partial charge >= 0.3 is 12.0 Å². The summed E-state index contributed by atoms with van der Waals surface area (Å²) in [4.78, 5) is 12.3. The first-order valence-corrected chi connectivity index (χ1v) is 6.80. The summed E-state index contributed by atoms with van der Waals surface area (Å²) in [5, 5.41) is 3.25. The van der Waals surface area contributed by atoms with Crippen molar-refractivity contribution in [2.45, 2.75) is 52.0 Å². The third-order valence-electron chi connectivity index (χ3n) is 2.83. The lowest BCUT2D eigenvalue weighted by Gasteiger charge is -2.14. The van der Waals surface area contributed by atoms with Crippen molar-refractivity contribution in [2.75, 3.05) is 19.5 Å². The van der Waals surface area contributed by atoms with Crippen molar-refractivity contribution in [1.82, 2.24) is 15.0 Å². The Balaban J connectivity index is 2.50. The fourth-order valence-electron chi connectivity index (χ4n) is 1.75. The van der Waals surface area contributed by atoms with Gasteiger partial charge in [-0.3, -0.25) is 0 Å². The van der Waals surface area contributed by atoms with Gasteiger partial charge in [0.2, 0.25) is 5.95 Å². The molecule has 6 nitrogen and oxygen atoms in total. The molecule has 19 heavy (non-hydrogen) atoms. The summed E-state index contributed by atoms with van der Waals surface area (Å²) in [5.74, 6) is 0.492. The Morgan fingerprint density at radius 1 is 1.00 bits per heavy atom. The first-order valence-electron chi connectivity index (χ1n) is 6.80. The first kappa shape index (κ1) is 15.5. The smallest absolute Gasteiger partial charge is 0.324 e. The van der Waals surface area contributed by atoms with E-state index in [9.17, 15) is 0 Å². The zero-order chi connectivity index (χ0) is 14.1. The van der Waals surface area contributed by atoms with Crippen LogP contribution in [0.4, 0.5) is 5.95 Å². The van der Waals surface area contributed by atoms with Gasteiger partial charge in [0.1, 0.15) is 0 Å². The summed E-state index contributed by atoms with van der Waals surface area (Å²) in [7, 11) is 3.04. The number of hydrogen-bond acceptors (Lipinski definition) is 6. The lowest BCUT2D eigenvalue weighted by atomic mass is 10.1. The van der Waals surface area contributed by atoms with E-state index in [1.54, 1.807) is 0 Å². The van der Waals surface area contributed by atoms with E-state index in [0.717, 1.165) is 6.42 Å². The van der Waals surface area contributed by atoms with E-state index in [1.165, 1.54) is 39.9 Å². The minimum atomic E-state index is 0.257. The van der Waals surface area contributed by atoms with Crippen LogP contribution in [0, 0.1) is 0 Å². The van der Waals surface area contributed by atoms with Crippen LogP contribution in [-0.4, -0.2) is 35.2 Å². The molecule has 1 rings (SSSR count). The van der Waals surface area contributed by atoms with Gasteiger partial charge < -0.3 is 14.8 Å². The van der Waals surface area contributed by atoms with Crippen molar-refractivity contribution < 1.29 is 9.47 Å². The predicted octanol–water partition coefficient (Wildman–Crippen LogP) is 2.66. The van der Waals surface area contributed by atoms with Gasteiger partial charge in [-0.05, 0) is 13.3 Å². The number of anilines is 1. The van der Waals surface area contributed by atoms with E-state index in [4.69, 9.17) is 9.47 Å². The summed E-state index contributed by atoms with van der Waals surface area (Å²) in [6.45, 7) is 4.33. The molecule has 0 aromatic carbocycles. The highest BCUT2D eigenvalue weighted by molar-refractivity contribution is 5.28. The number of methoxy groups -OCH3 is 2. The van der Waals surface area contributed by atoms with Crippen molar-refractivity contribution in [3.05, 3.63) is 0 Å². The fraction of sp³-hybridized carbons (Fsp3) is 0.769. The Kier molecular flexibility index (Phi) is 6.92. The van der Waals surface area contributed by atoms with E-state index < -0.39 is 0 Å². The molecule has 1 N–H and O–H groups in total. The van der Waals surface area contributed by atoms with E-state index >= 15 is 0 Å². The second-order valence-corrected chi connectivity index (χ2v) is 4.53. The Bertz CT molecular complexity index is 351. The number of ether oxygens (including phenoxy) is 2. The minimum Gasteiger partial charge on any atom is -0.467 e. The Labute approximate surface area is 115 Å². The lowest BCUT2D eigenvalue weighted by molar-refractivity contribution is 0.341. The molecule has 0 radical (unpaired) electrons. The van der Waals surface area contributed by atoms with Crippen molar-refractivity contribution in [2.24, 2.45) is 0 Å². The van der Waals surface area contributed by atoms with E-state index in [0.29, 0.717) is 12.0 Å². The molecule has 1 heterocycles. The topological polar surface area (TPSA) is 69.2 Å². The lowest BCUT2D eigenvalue weighted by Crippen LogP contribution is -2.17. The van der Waals surface area contributed by atoms with Crippen molar-refractivity contribution >= 4 is 5.95 Å². The maximum atomic E-state index is 5.01. The molecule has 6 heteroatoms. The van der Waals surface area contributed by atoms with Gasteiger partial charge in [0.05, 0.1) is 14.2 Å². The van der Waals surface area contributed by atoms with Crippen LogP contribution in [0.1, 0.15) is 46.0 Å². The molecule has 108 valence electrons. The van der Waals surface area contributed by atoms with Crippen LogP contribution < -0.4 is 14.8 Å². The molecule has 0 aliphatic heterocycles. The molecule has 1 aromatic rings. The molecule has 1 atom stereocenters. The summed E-state index contributed by atoms with van der Waals surface area (Å²) in [6, 6.07) is 0.828. The Morgan fingerprint density at radius 2 is 1.63 bits per heavy atom. The number of nitrogens with zero attached hydrogens (tertiary/aromatic N) is 3. The summed E-state index contributed by atoms with van der Waals surface area (Å²) >= 11 is 0. The molecule has 0 bridgehead atoms. The summed E-state index contributed by atoms with van der Waals surface area (Å²) in [5.41, 5.74) is 0. The maximum Gasteiger partial charge on any atom is 0.324 e. The zero-order valence-corrected chi connectivity index (χ0v) is 12.3. The first-order chi connectivity index (χ1) is 9.19. The number of nitrogens with one attached hydrogen (secondary N) is 1. The fourth-order valence-corrected chi connectivity index (χ4v) is 1.75. The molecule has 0 fully saturated rings. The highest BCUT2D eigenvalue weighted by Gasteiger charge is 2.09. The third-order valence-corrected chi connectivity index (χ3v) is 2.83. The van der Waals surface area contributed by atoms with Gasteiger partial charge in [-0.1, -0.05) is 32.6 Å². The Morgan fingerprint density at radius 3 is 2.16 bits per heavy atom. The number of aromatic nitrogens is 3. The van der Waals surface area contributed by atoms with E-state index in [2.05, 4.69) is 34.1 Å². The number of rotatable bonds is 9. The molecular weight excluding hydrogens is 244 g/mol. The van der Waals surface area contributed by atoms with Gasteiger partial charge in [0.25, 0.3) is 0 Å². The summed E-state index contributed by atoms with van der Waals surface area (Å²) < 4.78 is 10.0.